The summed E-state index contributed by atoms with van der Waals surface area (Å²) in [5.41, 5.74) is 2.16. The maximum atomic E-state index is 13.6. The minimum Gasteiger partial charge on any atom is -0.367 e. The summed E-state index contributed by atoms with van der Waals surface area (Å²) in [5, 5.41) is 6.22. The van der Waals surface area contributed by atoms with Crippen molar-refractivity contribution in [3.05, 3.63) is 71.0 Å². The first-order valence-electron chi connectivity index (χ1n) is 8.77. The van der Waals surface area contributed by atoms with Gasteiger partial charge in [-0.3, -0.25) is 4.99 Å². The second-order valence-electron chi connectivity index (χ2n) is 6.12. The zero-order valence-corrected chi connectivity index (χ0v) is 18.3. The van der Waals surface area contributed by atoms with Gasteiger partial charge in [0.1, 0.15) is 12.4 Å². The van der Waals surface area contributed by atoms with E-state index in [9.17, 15) is 17.6 Å². The summed E-state index contributed by atoms with van der Waals surface area (Å²) >= 11 is 0. The van der Waals surface area contributed by atoms with Gasteiger partial charge in [0.15, 0.2) is 5.96 Å². The van der Waals surface area contributed by atoms with Crippen LogP contribution in [-0.2, 0) is 24.3 Å². The van der Waals surface area contributed by atoms with Gasteiger partial charge < -0.3 is 15.4 Å². The Morgan fingerprint density at radius 3 is 2.45 bits per heavy atom. The number of aliphatic imine (C=N–C) groups is 1. The maximum absolute atomic E-state index is 13.6. The fourth-order valence-corrected chi connectivity index (χ4v) is 2.54. The van der Waals surface area contributed by atoms with Crippen LogP contribution in [0.5, 0.6) is 0 Å². The van der Waals surface area contributed by atoms with Crippen LogP contribution in [0.3, 0.4) is 0 Å². The third kappa shape index (κ3) is 9.93. The molecule has 0 bridgehead atoms. The Balaban J connectivity index is 0.00000420. The van der Waals surface area contributed by atoms with E-state index in [0.717, 1.165) is 5.56 Å². The third-order valence-corrected chi connectivity index (χ3v) is 3.85. The molecule has 0 aliphatic heterocycles. The van der Waals surface area contributed by atoms with Gasteiger partial charge in [0.05, 0.1) is 6.61 Å². The van der Waals surface area contributed by atoms with E-state index in [0.29, 0.717) is 36.6 Å². The molecule has 2 N–H and O–H groups in total. The maximum Gasteiger partial charge on any atom is 0.411 e. The van der Waals surface area contributed by atoms with Crippen LogP contribution in [0.1, 0.15) is 16.7 Å². The Kier molecular flexibility index (Phi) is 11.0. The number of hydrogen-bond acceptors (Lipinski definition) is 2. The van der Waals surface area contributed by atoms with E-state index < -0.39 is 12.8 Å². The topological polar surface area (TPSA) is 45.7 Å². The molecule has 2 aromatic carbocycles. The van der Waals surface area contributed by atoms with E-state index in [4.69, 9.17) is 0 Å². The first-order valence-corrected chi connectivity index (χ1v) is 8.77. The number of nitrogens with one attached hydrogen (secondary N) is 2. The molecule has 0 unspecified atom stereocenters. The van der Waals surface area contributed by atoms with Crippen molar-refractivity contribution in [2.75, 3.05) is 20.2 Å². The van der Waals surface area contributed by atoms with Crippen LogP contribution >= 0.6 is 24.0 Å². The van der Waals surface area contributed by atoms with Crippen LogP contribution < -0.4 is 10.6 Å². The van der Waals surface area contributed by atoms with E-state index in [2.05, 4.69) is 20.4 Å². The first-order chi connectivity index (χ1) is 13.4. The van der Waals surface area contributed by atoms with Crippen LogP contribution in [0.4, 0.5) is 17.6 Å². The van der Waals surface area contributed by atoms with Crippen molar-refractivity contribution in [2.24, 2.45) is 4.99 Å². The van der Waals surface area contributed by atoms with Crippen LogP contribution in [-0.4, -0.2) is 32.3 Å². The Labute approximate surface area is 184 Å². The fourth-order valence-electron chi connectivity index (χ4n) is 2.54. The van der Waals surface area contributed by atoms with Gasteiger partial charge in [0, 0.05) is 20.1 Å². The van der Waals surface area contributed by atoms with Gasteiger partial charge in [-0.15, -0.1) is 24.0 Å². The molecule has 2 aromatic rings. The highest BCUT2D eigenvalue weighted by Crippen LogP contribution is 2.16. The van der Waals surface area contributed by atoms with Gasteiger partial charge >= 0.3 is 6.18 Å². The summed E-state index contributed by atoms with van der Waals surface area (Å²) in [7, 11) is 1.62. The predicted octanol–water partition coefficient (Wildman–Crippen LogP) is 4.43. The summed E-state index contributed by atoms with van der Waals surface area (Å²) < 4.78 is 54.7. The molecule has 0 aliphatic carbocycles. The largest absolute Gasteiger partial charge is 0.411 e. The van der Waals surface area contributed by atoms with E-state index in [-0.39, 0.29) is 36.4 Å². The van der Waals surface area contributed by atoms with Crippen molar-refractivity contribution >= 4 is 29.9 Å². The molecule has 0 aliphatic rings. The molecule has 0 heterocycles. The molecular formula is C20H24F4IN3O. The molecule has 0 fully saturated rings. The smallest absolute Gasteiger partial charge is 0.367 e. The lowest BCUT2D eigenvalue weighted by Gasteiger charge is -2.13. The lowest BCUT2D eigenvalue weighted by atomic mass is 10.1. The van der Waals surface area contributed by atoms with Crippen LogP contribution in [0.25, 0.3) is 0 Å². The predicted molar refractivity (Wildman–Crippen MR) is 116 cm³/mol. The number of alkyl halides is 3. The second kappa shape index (κ2) is 12.6. The van der Waals surface area contributed by atoms with Crippen molar-refractivity contribution in [1.82, 2.24) is 10.6 Å². The third-order valence-electron chi connectivity index (χ3n) is 3.85. The Bertz CT molecular complexity index is 784. The average molecular weight is 525 g/mol. The summed E-state index contributed by atoms with van der Waals surface area (Å²) in [6.07, 6.45) is -3.82. The molecule has 2 rings (SSSR count). The number of hydrogen-bond donors (Lipinski definition) is 2. The molecule has 0 amide bonds. The zero-order chi connectivity index (χ0) is 20.4. The van der Waals surface area contributed by atoms with E-state index >= 15 is 0 Å². The Morgan fingerprint density at radius 2 is 1.76 bits per heavy atom. The van der Waals surface area contributed by atoms with Crippen LogP contribution in [0, 0.1) is 5.82 Å². The van der Waals surface area contributed by atoms with Crippen LogP contribution in [0.2, 0.25) is 0 Å². The standard InChI is InChI=1S/C20H23F4N3O.HI/c1-25-19(26-10-9-17-7-2-3-8-18(17)21)27-12-15-5-4-6-16(11-15)13-28-14-20(22,23)24;/h2-8,11H,9-10,12-14H2,1H3,(H2,25,26,27);1H. The molecule has 4 nitrogen and oxygen atoms in total. The molecule has 29 heavy (non-hydrogen) atoms. The molecule has 9 heteroatoms. The molecule has 0 spiro atoms. The summed E-state index contributed by atoms with van der Waals surface area (Å²) in [6.45, 7) is -0.435. The number of benzene rings is 2. The molecule has 0 atom stereocenters. The van der Waals surface area contributed by atoms with Crippen molar-refractivity contribution < 1.29 is 22.3 Å². The summed E-state index contributed by atoms with van der Waals surface area (Å²) in [5.74, 6) is 0.312. The van der Waals surface area contributed by atoms with Crippen molar-refractivity contribution in [1.29, 1.82) is 0 Å². The van der Waals surface area contributed by atoms with E-state index in [1.165, 1.54) is 6.07 Å². The lowest BCUT2D eigenvalue weighted by molar-refractivity contribution is -0.176. The highest BCUT2D eigenvalue weighted by molar-refractivity contribution is 14.0. The minimum atomic E-state index is -4.33. The second-order valence-corrected chi connectivity index (χ2v) is 6.12. The first kappa shape index (κ1) is 25.2. The van der Waals surface area contributed by atoms with Crippen molar-refractivity contribution in [3.8, 4) is 0 Å². The van der Waals surface area contributed by atoms with Crippen LogP contribution in [0.15, 0.2) is 53.5 Å². The molecule has 0 aromatic heterocycles. The molecule has 160 valence electrons. The monoisotopic (exact) mass is 525 g/mol. The number of halogens is 5. The Hall–Kier alpha value is -1.88. The van der Waals surface area contributed by atoms with Crippen molar-refractivity contribution in [2.45, 2.75) is 25.7 Å². The number of nitrogens with zero attached hydrogens (tertiary/aromatic N) is 1. The number of rotatable bonds is 8. The van der Waals surface area contributed by atoms with E-state index in [1.807, 2.05) is 6.07 Å². The summed E-state index contributed by atoms with van der Waals surface area (Å²) in [6, 6.07) is 13.7. The molecule has 0 saturated carbocycles. The molecule has 0 saturated heterocycles. The fraction of sp³-hybridized carbons (Fsp3) is 0.350. The highest BCUT2D eigenvalue weighted by Gasteiger charge is 2.27. The zero-order valence-electron chi connectivity index (χ0n) is 15.9. The lowest BCUT2D eigenvalue weighted by Crippen LogP contribution is -2.37. The Morgan fingerprint density at radius 1 is 1.03 bits per heavy atom. The van der Waals surface area contributed by atoms with Gasteiger partial charge in [0.2, 0.25) is 0 Å². The quantitative estimate of drug-likeness (QED) is 0.232. The normalized spacial score (nSPS) is 11.7. The van der Waals surface area contributed by atoms with Crippen molar-refractivity contribution in [3.63, 3.8) is 0 Å². The van der Waals surface area contributed by atoms with E-state index in [1.54, 1.807) is 43.4 Å². The minimum absolute atomic E-state index is 0. The summed E-state index contributed by atoms with van der Waals surface area (Å²) in [4.78, 5) is 4.11. The van der Waals surface area contributed by atoms with Gasteiger partial charge in [-0.2, -0.15) is 13.2 Å². The molecule has 0 radical (unpaired) electrons. The highest BCUT2D eigenvalue weighted by atomic mass is 127. The SMILES string of the molecule is CN=C(NCCc1ccccc1F)NCc1cccc(COCC(F)(F)F)c1.I. The van der Waals surface area contributed by atoms with Gasteiger partial charge in [-0.1, -0.05) is 42.5 Å². The molecular weight excluding hydrogens is 501 g/mol. The number of ether oxygens (including phenoxy) is 1. The van der Waals surface area contributed by atoms with Gasteiger partial charge in [-0.05, 0) is 29.2 Å². The number of guanidine groups is 1. The average Bonchev–Trinajstić information content (AvgIpc) is 2.65. The van der Waals surface area contributed by atoms with Gasteiger partial charge in [0.25, 0.3) is 0 Å². The van der Waals surface area contributed by atoms with Gasteiger partial charge in [-0.25, -0.2) is 4.39 Å².